The largest absolute Gasteiger partial charge is 0.251 e. The van der Waals surface area contributed by atoms with Crippen molar-refractivity contribution in [3.8, 4) is 0 Å². The zero-order chi connectivity index (χ0) is 15.6. The van der Waals surface area contributed by atoms with Gasteiger partial charge in [0.15, 0.2) is 6.62 Å². The molecule has 19 heavy (non-hydrogen) atoms. The van der Waals surface area contributed by atoms with Crippen LogP contribution in [0.3, 0.4) is 0 Å². The van der Waals surface area contributed by atoms with Crippen LogP contribution in [0.5, 0.6) is 0 Å². The lowest BCUT2D eigenvalue weighted by atomic mass is 11.2. The maximum atomic E-state index is 4.85. The van der Waals surface area contributed by atoms with E-state index in [9.17, 15) is 0 Å². The third-order valence-corrected chi connectivity index (χ3v) is 14.0. The smallest absolute Gasteiger partial charge is 0.184 e. The molecule has 0 bridgehead atoms. The summed E-state index contributed by atoms with van der Waals surface area (Å²) in [6, 6.07) is 0. The van der Waals surface area contributed by atoms with Gasteiger partial charge in [0.05, 0.1) is 27.4 Å². The summed E-state index contributed by atoms with van der Waals surface area (Å²) >= 11 is 19.5. The predicted molar refractivity (Wildman–Crippen MR) is 155 cm³/mol. The fourth-order valence-electron chi connectivity index (χ4n) is 1.32. The molecule has 0 radical (unpaired) electrons. The van der Waals surface area contributed by atoms with Crippen molar-refractivity contribution < 1.29 is 0 Å². The number of nitrogens with zero attached hydrogens (tertiary/aromatic N) is 4. The SMILES string of the molecule is CN(C)P(=NI)(N(C)CI)N(C(I)(I)I)C(I)(I)I. The van der Waals surface area contributed by atoms with Crippen LogP contribution in [-0.2, 0) is 0 Å². The highest BCUT2D eigenvalue weighted by molar-refractivity contribution is 14.3. The van der Waals surface area contributed by atoms with Gasteiger partial charge >= 0.3 is 0 Å². The van der Waals surface area contributed by atoms with Crippen molar-refractivity contribution in [2.45, 2.75) is -0.882 Å². The molecule has 1 atom stereocenters. The summed E-state index contributed by atoms with van der Waals surface area (Å²) in [5.74, 6) is 0. The lowest BCUT2D eigenvalue weighted by molar-refractivity contribution is 0.447. The van der Waals surface area contributed by atoms with Crippen LogP contribution in [0.15, 0.2) is 2.96 Å². The first kappa shape index (κ1) is 24.9. The van der Waals surface area contributed by atoms with Crippen molar-refractivity contribution in [3.63, 3.8) is 0 Å². The molecule has 0 aliphatic carbocycles. The summed E-state index contributed by atoms with van der Waals surface area (Å²) in [6.07, 6.45) is 0. The first-order chi connectivity index (χ1) is 8.35. The quantitative estimate of drug-likeness (QED) is 0.121. The highest BCUT2D eigenvalue weighted by atomic mass is 127. The van der Waals surface area contributed by atoms with Gasteiger partial charge in [-0.25, -0.2) is 4.67 Å². The van der Waals surface area contributed by atoms with Gasteiger partial charge in [0.25, 0.3) is 0 Å². The van der Waals surface area contributed by atoms with Gasteiger partial charge in [0, 0.05) is 0 Å². The maximum absolute atomic E-state index is 4.85. The molecule has 0 aromatic carbocycles. The Morgan fingerprint density at radius 1 is 0.947 bits per heavy atom. The Bertz CT molecular complexity index is 336. The van der Waals surface area contributed by atoms with E-state index in [1.165, 1.54) is 0 Å². The second kappa shape index (κ2) is 10.3. The van der Waals surface area contributed by atoms with Crippen LogP contribution in [-0.4, -0.2) is 38.8 Å². The Kier molecular flexibility index (Phi) is 13.6. The topological polar surface area (TPSA) is 22.1 Å². The van der Waals surface area contributed by atoms with E-state index in [1.54, 1.807) is 0 Å². The maximum Gasteiger partial charge on any atom is 0.184 e. The minimum Gasteiger partial charge on any atom is -0.251 e. The van der Waals surface area contributed by atoms with Gasteiger partial charge in [-0.3, -0.25) is 4.67 Å². The zero-order valence-electron chi connectivity index (χ0n) is 9.97. The average Bonchev–Trinajstić information content (AvgIpc) is 2.20. The van der Waals surface area contributed by atoms with Crippen molar-refractivity contribution in [3.05, 3.63) is 0 Å². The molecule has 0 spiro atoms. The van der Waals surface area contributed by atoms with E-state index in [0.717, 1.165) is 4.55 Å². The molecule has 0 rings (SSSR count). The number of hydrogen-bond donors (Lipinski definition) is 0. The Balaban J connectivity index is 6.24. The Labute approximate surface area is 224 Å². The second-order valence-electron chi connectivity index (χ2n) is 3.48. The molecule has 0 amide bonds. The highest BCUT2D eigenvalue weighted by Crippen LogP contribution is 2.71. The van der Waals surface area contributed by atoms with Crippen LogP contribution in [0.2, 0.25) is 0 Å². The van der Waals surface area contributed by atoms with Crippen molar-refractivity contribution in [1.29, 1.82) is 0 Å². The van der Waals surface area contributed by atoms with Crippen LogP contribution in [0.25, 0.3) is 0 Å². The van der Waals surface area contributed by atoms with E-state index in [2.05, 4.69) is 216 Å². The van der Waals surface area contributed by atoms with Gasteiger partial charge in [-0.15, -0.1) is 0 Å². The highest BCUT2D eigenvalue weighted by Gasteiger charge is 2.52. The fourth-order valence-corrected chi connectivity index (χ4v) is 19.1. The molecule has 0 aromatic rings. The third kappa shape index (κ3) is 6.88. The Morgan fingerprint density at radius 2 is 1.32 bits per heavy atom. The standard InChI is InChI=1S/C6H11I8N4P/c1-16(2)19(15-14,17(3)4-7)18(5(8,9)10)6(11,12)13/h4H2,1-3H3. The molecule has 0 aliphatic heterocycles. The van der Waals surface area contributed by atoms with Crippen LogP contribution >= 0.6 is 189 Å². The summed E-state index contributed by atoms with van der Waals surface area (Å²) in [6.45, 7) is 0. The van der Waals surface area contributed by atoms with Crippen LogP contribution in [0.4, 0.5) is 0 Å². The molecule has 0 heterocycles. The summed E-state index contributed by atoms with van der Waals surface area (Å²) in [7, 11) is 4.46. The number of hydrogen-bond acceptors (Lipinski definition) is 1. The molecule has 0 aliphatic rings. The molecule has 13 heteroatoms. The third-order valence-electron chi connectivity index (χ3n) is 2.02. The summed E-state index contributed by atoms with van der Waals surface area (Å²) in [5, 5.41) is 0. The van der Waals surface area contributed by atoms with Crippen molar-refractivity contribution >= 4 is 189 Å². The Morgan fingerprint density at radius 3 is 1.47 bits per heavy atom. The van der Waals surface area contributed by atoms with E-state index >= 15 is 0 Å². The van der Waals surface area contributed by atoms with Crippen LogP contribution in [0.1, 0.15) is 0 Å². The number of halogens is 8. The van der Waals surface area contributed by atoms with E-state index in [0.29, 0.717) is 0 Å². The summed E-state index contributed by atoms with van der Waals surface area (Å²) in [4.78, 5) is 0. The Hall–Kier alpha value is 5.95. The first-order valence-electron chi connectivity index (χ1n) is 4.48. The van der Waals surface area contributed by atoms with Crippen molar-refractivity contribution in [1.82, 2.24) is 14.0 Å². The molecule has 4 nitrogen and oxygen atoms in total. The van der Waals surface area contributed by atoms with Crippen molar-refractivity contribution in [2.24, 2.45) is 2.96 Å². The molecule has 0 fully saturated rings. The molecule has 0 saturated carbocycles. The normalized spacial score (nSPS) is 17.2. The molecule has 1 unspecified atom stereocenters. The van der Waals surface area contributed by atoms with Gasteiger partial charge in [-0.05, 0) is 157 Å². The number of rotatable bonds is 6. The lowest BCUT2D eigenvalue weighted by Gasteiger charge is -2.50. The van der Waals surface area contributed by atoms with E-state index in [-0.39, 0.29) is -0.882 Å². The first-order valence-corrected chi connectivity index (χ1v) is 15.0. The fraction of sp³-hybridized carbons (Fsp3) is 1.00. The molecule has 0 aromatic heterocycles. The summed E-state index contributed by atoms with van der Waals surface area (Å²) in [5.41, 5.74) is 0. The van der Waals surface area contributed by atoms with E-state index < -0.39 is 7.51 Å². The monoisotopic (exact) mass is 1190 g/mol. The van der Waals surface area contributed by atoms with Gasteiger partial charge < -0.3 is 0 Å². The van der Waals surface area contributed by atoms with E-state index in [4.69, 9.17) is 2.96 Å². The van der Waals surface area contributed by atoms with Crippen LogP contribution in [0, 0.1) is 0 Å². The predicted octanol–water partition coefficient (Wildman–Crippen LogP) is 7.30. The lowest BCUT2D eigenvalue weighted by Crippen LogP contribution is -2.46. The molecular weight excluding hydrogens is 1170 g/mol. The minimum absolute atomic E-state index is 0.0658. The van der Waals surface area contributed by atoms with Crippen LogP contribution < -0.4 is 0 Å². The molecule has 0 N–H and O–H groups in total. The van der Waals surface area contributed by atoms with Gasteiger partial charge in [0.1, 0.15) is 0 Å². The average molecular weight is 1190 g/mol. The summed E-state index contributed by atoms with van der Waals surface area (Å²) < 4.78 is 12.8. The molecule has 0 saturated heterocycles. The van der Waals surface area contributed by atoms with Gasteiger partial charge in [0.2, 0.25) is 0 Å². The van der Waals surface area contributed by atoms with Crippen molar-refractivity contribution in [2.75, 3.05) is 25.7 Å². The number of alkyl halides is 7. The second-order valence-corrected chi connectivity index (χ2v) is 30.3. The molecule has 116 valence electrons. The van der Waals surface area contributed by atoms with Gasteiger partial charge in [-0.1, -0.05) is 22.6 Å². The zero-order valence-corrected chi connectivity index (χ0v) is 28.1. The molecular formula is C6H11I8N4P. The van der Waals surface area contributed by atoms with Gasteiger partial charge in [-0.2, -0.15) is 7.63 Å². The van der Waals surface area contributed by atoms with E-state index in [1.807, 2.05) is 0 Å². The minimum atomic E-state index is -1.93.